The maximum atomic E-state index is 11.8. The molecule has 0 aliphatic heterocycles. The summed E-state index contributed by atoms with van der Waals surface area (Å²) in [6, 6.07) is 10.5. The Morgan fingerprint density at radius 1 is 1.19 bits per heavy atom. The lowest BCUT2D eigenvalue weighted by atomic mass is 10.0. The molecular formula is C15H18O. The van der Waals surface area contributed by atoms with Gasteiger partial charge in [-0.15, -0.1) is 0 Å². The number of aryl methyl sites for hydroxylation is 1. The number of rotatable bonds is 6. The number of unbranched alkanes of at least 4 members (excludes halogenated alkanes) is 1. The highest BCUT2D eigenvalue weighted by Gasteiger charge is 2.73. The van der Waals surface area contributed by atoms with E-state index >= 15 is 0 Å². The molecule has 0 N–H and O–H groups in total. The van der Waals surface area contributed by atoms with Crippen LogP contribution >= 0.6 is 0 Å². The van der Waals surface area contributed by atoms with E-state index in [2.05, 4.69) is 24.3 Å². The largest absolute Gasteiger partial charge is 0.299 e. The van der Waals surface area contributed by atoms with Crippen molar-refractivity contribution in [1.82, 2.24) is 0 Å². The minimum Gasteiger partial charge on any atom is -0.299 e. The summed E-state index contributed by atoms with van der Waals surface area (Å²) in [4.78, 5) is 11.8. The first-order valence-corrected chi connectivity index (χ1v) is 6.38. The Kier molecular flexibility index (Phi) is 2.34. The average molecular weight is 214 g/mol. The van der Waals surface area contributed by atoms with Crippen molar-refractivity contribution in [2.24, 2.45) is 11.3 Å². The van der Waals surface area contributed by atoms with Crippen LogP contribution in [0.25, 0.3) is 0 Å². The van der Waals surface area contributed by atoms with Crippen molar-refractivity contribution in [3.8, 4) is 0 Å². The predicted molar refractivity (Wildman–Crippen MR) is 64.2 cm³/mol. The quantitative estimate of drug-likeness (QED) is 0.663. The van der Waals surface area contributed by atoms with Gasteiger partial charge in [0.05, 0.1) is 0 Å². The van der Waals surface area contributed by atoms with E-state index in [1.807, 2.05) is 6.07 Å². The highest BCUT2D eigenvalue weighted by atomic mass is 16.1. The van der Waals surface area contributed by atoms with Gasteiger partial charge in [-0.05, 0) is 43.6 Å². The summed E-state index contributed by atoms with van der Waals surface area (Å²) in [6.07, 6.45) is 6.58. The molecule has 0 saturated heterocycles. The lowest BCUT2D eigenvalue weighted by Crippen LogP contribution is -2.06. The minimum atomic E-state index is 0.243. The van der Waals surface area contributed by atoms with Crippen LogP contribution in [-0.4, -0.2) is 5.78 Å². The van der Waals surface area contributed by atoms with Crippen LogP contribution < -0.4 is 0 Å². The predicted octanol–water partition coefficient (Wildman–Crippen LogP) is 3.38. The van der Waals surface area contributed by atoms with Crippen LogP contribution in [0.5, 0.6) is 0 Å². The van der Waals surface area contributed by atoms with Gasteiger partial charge in [0.25, 0.3) is 0 Å². The summed E-state index contributed by atoms with van der Waals surface area (Å²) in [7, 11) is 0. The van der Waals surface area contributed by atoms with E-state index < -0.39 is 0 Å². The number of ketones is 1. The van der Waals surface area contributed by atoms with Gasteiger partial charge in [-0.25, -0.2) is 0 Å². The van der Waals surface area contributed by atoms with Crippen molar-refractivity contribution in [2.75, 3.05) is 0 Å². The third-order valence-electron chi connectivity index (χ3n) is 4.20. The molecule has 0 spiro atoms. The molecule has 0 bridgehead atoms. The third-order valence-corrected chi connectivity index (χ3v) is 4.20. The molecule has 16 heavy (non-hydrogen) atoms. The summed E-state index contributed by atoms with van der Waals surface area (Å²) in [5.41, 5.74) is 1.64. The van der Waals surface area contributed by atoms with Crippen molar-refractivity contribution < 1.29 is 4.79 Å². The first kappa shape index (κ1) is 10.1. The molecular weight excluding hydrogens is 196 g/mol. The number of carbonyl (C=O) groups is 1. The molecule has 2 saturated carbocycles. The molecule has 0 aromatic heterocycles. The van der Waals surface area contributed by atoms with Crippen LogP contribution in [0, 0.1) is 11.3 Å². The molecule has 1 aromatic rings. The minimum absolute atomic E-state index is 0.243. The molecule has 2 aliphatic carbocycles. The van der Waals surface area contributed by atoms with Crippen LogP contribution in [-0.2, 0) is 11.2 Å². The summed E-state index contributed by atoms with van der Waals surface area (Å²) in [5, 5.41) is 0. The Morgan fingerprint density at radius 3 is 2.50 bits per heavy atom. The second-order valence-electron chi connectivity index (χ2n) is 5.38. The molecule has 3 rings (SSSR count). The highest BCUT2D eigenvalue weighted by Crippen LogP contribution is 2.76. The second-order valence-corrected chi connectivity index (χ2v) is 5.38. The normalized spacial score (nSPS) is 29.6. The fourth-order valence-corrected chi connectivity index (χ4v) is 2.67. The maximum absolute atomic E-state index is 11.8. The van der Waals surface area contributed by atoms with E-state index in [1.165, 1.54) is 18.4 Å². The summed E-state index contributed by atoms with van der Waals surface area (Å²) >= 11 is 0. The third kappa shape index (κ3) is 1.79. The van der Waals surface area contributed by atoms with E-state index in [0.29, 0.717) is 5.78 Å². The van der Waals surface area contributed by atoms with Crippen molar-refractivity contribution in [3.05, 3.63) is 35.9 Å². The number of hydrogen-bond donors (Lipinski definition) is 0. The fourth-order valence-electron chi connectivity index (χ4n) is 2.67. The Hall–Kier alpha value is -1.11. The zero-order chi connectivity index (χ0) is 11.0. The number of Topliss-reactive ketones (excluding diaryl/α,β-unsaturated/α-hetero) is 1. The van der Waals surface area contributed by atoms with Gasteiger partial charge in [0, 0.05) is 11.8 Å². The average Bonchev–Trinajstić information content (AvgIpc) is 3.14. The smallest absolute Gasteiger partial charge is 0.139 e. The van der Waals surface area contributed by atoms with E-state index in [1.54, 1.807) is 0 Å². The van der Waals surface area contributed by atoms with Crippen molar-refractivity contribution in [2.45, 2.75) is 38.5 Å². The van der Waals surface area contributed by atoms with E-state index in [-0.39, 0.29) is 5.41 Å². The molecule has 0 radical (unpaired) electrons. The molecule has 1 aromatic carbocycles. The Labute approximate surface area is 96.9 Å². The molecule has 1 heteroatoms. The molecule has 1 nitrogen and oxygen atoms in total. The van der Waals surface area contributed by atoms with E-state index in [4.69, 9.17) is 0 Å². The van der Waals surface area contributed by atoms with Crippen LogP contribution in [0.4, 0.5) is 0 Å². The summed E-state index contributed by atoms with van der Waals surface area (Å²) in [5.74, 6) is 1.37. The topological polar surface area (TPSA) is 17.1 Å². The van der Waals surface area contributed by atoms with Gasteiger partial charge in [0.1, 0.15) is 5.78 Å². The first-order chi connectivity index (χ1) is 7.81. The van der Waals surface area contributed by atoms with Crippen LogP contribution in [0.15, 0.2) is 30.3 Å². The van der Waals surface area contributed by atoms with Crippen molar-refractivity contribution >= 4 is 5.78 Å². The van der Waals surface area contributed by atoms with Gasteiger partial charge in [0.2, 0.25) is 0 Å². The molecule has 2 aliphatic rings. The van der Waals surface area contributed by atoms with E-state index in [0.717, 1.165) is 31.6 Å². The molecule has 0 atom stereocenters. The standard InChI is InChI=1S/C15H18O/c16-14(15-10-13(15)11-15)9-5-4-8-12-6-2-1-3-7-12/h1-3,6-7,13H,4-5,8-11H2. The fraction of sp³-hybridized carbons (Fsp3) is 0.533. The zero-order valence-corrected chi connectivity index (χ0v) is 9.61. The van der Waals surface area contributed by atoms with Crippen molar-refractivity contribution in [3.63, 3.8) is 0 Å². The summed E-state index contributed by atoms with van der Waals surface area (Å²) in [6.45, 7) is 0. The van der Waals surface area contributed by atoms with Gasteiger partial charge < -0.3 is 0 Å². The van der Waals surface area contributed by atoms with Crippen molar-refractivity contribution in [1.29, 1.82) is 0 Å². The maximum Gasteiger partial charge on any atom is 0.139 e. The second kappa shape index (κ2) is 3.73. The number of hydrogen-bond acceptors (Lipinski definition) is 1. The number of fused-ring (bicyclic) bond motifs is 1. The molecule has 2 fully saturated rings. The Balaban J connectivity index is 1.36. The molecule has 84 valence electrons. The van der Waals surface area contributed by atoms with E-state index in [9.17, 15) is 4.79 Å². The summed E-state index contributed by atoms with van der Waals surface area (Å²) < 4.78 is 0. The monoisotopic (exact) mass is 214 g/mol. The SMILES string of the molecule is O=C(CCCCc1ccccc1)C12CC1C2. The molecule has 0 amide bonds. The van der Waals surface area contributed by atoms with Crippen LogP contribution in [0.1, 0.15) is 37.7 Å². The van der Waals surface area contributed by atoms with Gasteiger partial charge in [-0.3, -0.25) is 4.79 Å². The highest BCUT2D eigenvalue weighted by molar-refractivity contribution is 5.91. The van der Waals surface area contributed by atoms with Crippen LogP contribution in [0.3, 0.4) is 0 Å². The van der Waals surface area contributed by atoms with Crippen LogP contribution in [0.2, 0.25) is 0 Å². The zero-order valence-electron chi connectivity index (χ0n) is 9.61. The lowest BCUT2D eigenvalue weighted by Gasteiger charge is -2.03. The van der Waals surface area contributed by atoms with Gasteiger partial charge >= 0.3 is 0 Å². The Bertz CT molecular complexity index is 387. The lowest BCUT2D eigenvalue weighted by molar-refractivity contribution is -0.122. The van der Waals surface area contributed by atoms with Gasteiger partial charge in [-0.2, -0.15) is 0 Å². The molecule has 0 unspecified atom stereocenters. The Morgan fingerprint density at radius 2 is 1.88 bits per heavy atom. The van der Waals surface area contributed by atoms with Gasteiger partial charge in [0.15, 0.2) is 0 Å². The van der Waals surface area contributed by atoms with Gasteiger partial charge in [-0.1, -0.05) is 30.3 Å². The molecule has 0 heterocycles. The first-order valence-electron chi connectivity index (χ1n) is 6.38. The number of benzene rings is 1. The number of carbonyl (C=O) groups excluding carboxylic acids is 1.